The molecule has 1 unspecified atom stereocenters. The molecule has 0 saturated carbocycles. The van der Waals surface area contributed by atoms with E-state index in [2.05, 4.69) is 35.9 Å². The van der Waals surface area contributed by atoms with E-state index >= 15 is 0 Å². The van der Waals surface area contributed by atoms with Gasteiger partial charge in [0.05, 0.1) is 6.04 Å². The lowest BCUT2D eigenvalue weighted by Gasteiger charge is -2.36. The molecule has 0 spiro atoms. The molecule has 1 aromatic carbocycles. The van der Waals surface area contributed by atoms with E-state index in [-0.39, 0.29) is 11.8 Å². The van der Waals surface area contributed by atoms with E-state index in [1.165, 1.54) is 5.56 Å². The molecule has 1 heterocycles. The van der Waals surface area contributed by atoms with Crippen LogP contribution in [0.5, 0.6) is 0 Å². The number of carbonyl (C=O) groups excluding carboxylic acids is 1. The largest absolute Gasteiger partial charge is 0.303 e. The van der Waals surface area contributed by atoms with Crippen molar-refractivity contribution in [1.82, 2.24) is 9.80 Å². The molecule has 1 saturated heterocycles. The van der Waals surface area contributed by atoms with Crippen molar-refractivity contribution in [2.45, 2.75) is 19.4 Å². The summed E-state index contributed by atoms with van der Waals surface area (Å²) >= 11 is 0. The van der Waals surface area contributed by atoms with Crippen molar-refractivity contribution in [2.75, 3.05) is 33.7 Å². The number of benzene rings is 1. The summed E-state index contributed by atoms with van der Waals surface area (Å²) < 4.78 is 0. The number of piperazine rings is 1. The molecule has 1 aromatic rings. The van der Waals surface area contributed by atoms with Crippen molar-refractivity contribution < 1.29 is 4.79 Å². The van der Waals surface area contributed by atoms with E-state index in [9.17, 15) is 4.79 Å². The van der Waals surface area contributed by atoms with Gasteiger partial charge in [-0.05, 0) is 26.1 Å². The van der Waals surface area contributed by atoms with Gasteiger partial charge in [0, 0.05) is 25.2 Å². The van der Waals surface area contributed by atoms with Crippen LogP contribution in [0.4, 0.5) is 0 Å². The summed E-state index contributed by atoms with van der Waals surface area (Å²) in [5.41, 5.74) is 2.11. The molecule has 3 nitrogen and oxygen atoms in total. The Labute approximate surface area is 109 Å². The maximum atomic E-state index is 12.5. The summed E-state index contributed by atoms with van der Waals surface area (Å²) in [6.07, 6.45) is 1.01. The number of Topliss-reactive ketones (excluding diaryl/α,β-unsaturated/α-hetero) is 1. The van der Waals surface area contributed by atoms with Crippen LogP contribution in [0.25, 0.3) is 0 Å². The molecule has 3 heteroatoms. The quantitative estimate of drug-likeness (QED) is 0.758. The lowest BCUT2D eigenvalue weighted by Crippen LogP contribution is -2.53. The van der Waals surface area contributed by atoms with Crippen LogP contribution >= 0.6 is 0 Å². The summed E-state index contributed by atoms with van der Waals surface area (Å²) in [6, 6.07) is 8.03. The summed E-state index contributed by atoms with van der Waals surface area (Å²) in [6.45, 7) is 4.95. The molecule has 2 rings (SSSR count). The third-order valence-corrected chi connectivity index (χ3v) is 3.80. The Morgan fingerprint density at radius 2 is 1.89 bits per heavy atom. The van der Waals surface area contributed by atoms with Gasteiger partial charge in [-0.3, -0.25) is 9.69 Å². The van der Waals surface area contributed by atoms with Gasteiger partial charge in [0.2, 0.25) is 0 Å². The highest BCUT2D eigenvalue weighted by molar-refractivity contribution is 6.00. The molecule has 18 heavy (non-hydrogen) atoms. The fourth-order valence-electron chi connectivity index (χ4n) is 2.39. The number of likely N-dealkylation sites (N-methyl/N-ethyl adjacent to an activating group) is 2. The minimum absolute atomic E-state index is 0.00349. The van der Waals surface area contributed by atoms with E-state index < -0.39 is 0 Å². The minimum Gasteiger partial charge on any atom is -0.303 e. The van der Waals surface area contributed by atoms with Gasteiger partial charge in [-0.1, -0.05) is 31.2 Å². The molecule has 1 aliphatic heterocycles. The fraction of sp³-hybridized carbons (Fsp3) is 0.533. The first-order valence-corrected chi connectivity index (χ1v) is 6.63. The smallest absolute Gasteiger partial charge is 0.181 e. The summed E-state index contributed by atoms with van der Waals surface area (Å²) in [7, 11) is 4.11. The molecular weight excluding hydrogens is 224 g/mol. The second-order valence-electron chi connectivity index (χ2n) is 5.17. The number of ketones is 1. The Kier molecular flexibility index (Phi) is 4.15. The lowest BCUT2D eigenvalue weighted by molar-refractivity contribution is 0.0686. The second-order valence-corrected chi connectivity index (χ2v) is 5.17. The topological polar surface area (TPSA) is 23.6 Å². The first-order valence-electron chi connectivity index (χ1n) is 6.63. The van der Waals surface area contributed by atoms with Gasteiger partial charge in [-0.25, -0.2) is 0 Å². The zero-order chi connectivity index (χ0) is 13.1. The normalized spacial score (nSPS) is 22.1. The first kappa shape index (κ1) is 13.2. The molecule has 1 aliphatic rings. The van der Waals surface area contributed by atoms with Crippen LogP contribution in [0.3, 0.4) is 0 Å². The third kappa shape index (κ3) is 2.79. The van der Waals surface area contributed by atoms with Crippen LogP contribution in [0, 0.1) is 0 Å². The maximum absolute atomic E-state index is 12.5. The van der Waals surface area contributed by atoms with E-state index in [1.807, 2.05) is 19.2 Å². The third-order valence-electron chi connectivity index (χ3n) is 3.80. The fourth-order valence-corrected chi connectivity index (χ4v) is 2.39. The molecule has 1 atom stereocenters. The van der Waals surface area contributed by atoms with Crippen molar-refractivity contribution in [1.29, 1.82) is 0 Å². The zero-order valence-corrected chi connectivity index (χ0v) is 11.5. The van der Waals surface area contributed by atoms with Crippen molar-refractivity contribution >= 4 is 5.78 Å². The predicted molar refractivity (Wildman–Crippen MR) is 74.1 cm³/mol. The summed E-state index contributed by atoms with van der Waals surface area (Å²) in [4.78, 5) is 16.9. The molecule has 0 N–H and O–H groups in total. The number of aryl methyl sites for hydroxylation is 1. The zero-order valence-electron chi connectivity index (χ0n) is 11.5. The predicted octanol–water partition coefficient (Wildman–Crippen LogP) is 1.68. The van der Waals surface area contributed by atoms with Crippen LogP contribution in [-0.4, -0.2) is 55.4 Å². The standard InChI is InChI=1S/C15H22N2O/c1-4-12-5-7-13(8-6-12)15(18)14-11-16(2)9-10-17(14)3/h5-8,14H,4,9-11H2,1-3H3. The SMILES string of the molecule is CCc1ccc(C(=O)C2CN(C)CCN2C)cc1. The van der Waals surface area contributed by atoms with Crippen molar-refractivity contribution in [3.63, 3.8) is 0 Å². The Bertz CT molecular complexity index is 413. The number of hydrogen-bond acceptors (Lipinski definition) is 3. The Morgan fingerprint density at radius 1 is 1.22 bits per heavy atom. The molecule has 0 radical (unpaired) electrons. The van der Waals surface area contributed by atoms with E-state index in [0.717, 1.165) is 31.6 Å². The number of rotatable bonds is 3. The van der Waals surface area contributed by atoms with Gasteiger partial charge >= 0.3 is 0 Å². The average Bonchev–Trinajstić information content (AvgIpc) is 2.41. The van der Waals surface area contributed by atoms with Crippen LogP contribution in [0.15, 0.2) is 24.3 Å². The van der Waals surface area contributed by atoms with Gasteiger partial charge in [0.15, 0.2) is 5.78 Å². The number of carbonyl (C=O) groups is 1. The van der Waals surface area contributed by atoms with Crippen molar-refractivity contribution in [3.05, 3.63) is 35.4 Å². The molecule has 0 amide bonds. The Hall–Kier alpha value is -1.19. The van der Waals surface area contributed by atoms with Crippen LogP contribution in [-0.2, 0) is 6.42 Å². The summed E-state index contributed by atoms with van der Waals surface area (Å²) in [5.74, 6) is 0.242. The number of nitrogens with zero attached hydrogens (tertiary/aromatic N) is 2. The number of hydrogen-bond donors (Lipinski definition) is 0. The van der Waals surface area contributed by atoms with Gasteiger partial charge in [0.1, 0.15) is 0 Å². The van der Waals surface area contributed by atoms with Crippen LogP contribution in [0.2, 0.25) is 0 Å². The highest BCUT2D eigenvalue weighted by atomic mass is 16.1. The molecule has 1 fully saturated rings. The second kappa shape index (κ2) is 5.63. The van der Waals surface area contributed by atoms with Crippen LogP contribution < -0.4 is 0 Å². The van der Waals surface area contributed by atoms with Crippen molar-refractivity contribution in [3.8, 4) is 0 Å². The van der Waals surface area contributed by atoms with Gasteiger partial charge < -0.3 is 4.90 Å². The molecule has 0 aliphatic carbocycles. The Balaban J connectivity index is 2.13. The van der Waals surface area contributed by atoms with Crippen molar-refractivity contribution in [2.24, 2.45) is 0 Å². The van der Waals surface area contributed by atoms with Gasteiger partial charge in [-0.2, -0.15) is 0 Å². The highest BCUT2D eigenvalue weighted by Crippen LogP contribution is 2.14. The van der Waals surface area contributed by atoms with E-state index in [4.69, 9.17) is 0 Å². The first-order chi connectivity index (χ1) is 8.61. The summed E-state index contributed by atoms with van der Waals surface area (Å²) in [5, 5.41) is 0. The highest BCUT2D eigenvalue weighted by Gasteiger charge is 2.28. The molecule has 0 bridgehead atoms. The van der Waals surface area contributed by atoms with Gasteiger partial charge in [-0.15, -0.1) is 0 Å². The Morgan fingerprint density at radius 3 is 2.50 bits per heavy atom. The molecular formula is C15H22N2O. The molecule has 0 aromatic heterocycles. The minimum atomic E-state index is -0.00349. The maximum Gasteiger partial charge on any atom is 0.181 e. The van der Waals surface area contributed by atoms with Gasteiger partial charge in [0.25, 0.3) is 0 Å². The lowest BCUT2D eigenvalue weighted by atomic mass is 9.99. The molecule has 98 valence electrons. The monoisotopic (exact) mass is 246 g/mol. The van der Waals surface area contributed by atoms with E-state index in [0.29, 0.717) is 0 Å². The van der Waals surface area contributed by atoms with Crippen LogP contribution in [0.1, 0.15) is 22.8 Å². The average molecular weight is 246 g/mol. The van der Waals surface area contributed by atoms with E-state index in [1.54, 1.807) is 0 Å².